The molecule has 0 aliphatic heterocycles. The maximum atomic E-state index is 5.30. The average molecular weight is 189 g/mol. The van der Waals surface area contributed by atoms with Gasteiger partial charge in [0.25, 0.3) is 0 Å². The normalized spacial score (nSPS) is 11.1. The van der Waals surface area contributed by atoms with Crippen molar-refractivity contribution < 1.29 is 4.74 Å². The Morgan fingerprint density at radius 2 is 2.00 bits per heavy atom. The van der Waals surface area contributed by atoms with Crippen molar-refractivity contribution >= 4 is 10.9 Å². The van der Waals surface area contributed by atoms with E-state index < -0.39 is 0 Å². The third kappa shape index (κ3) is 1.27. The molecule has 0 spiro atoms. The number of aromatic nitrogens is 1. The van der Waals surface area contributed by atoms with Crippen LogP contribution in [0, 0.1) is 0 Å². The molecule has 0 radical (unpaired) electrons. The number of nitrogens with one attached hydrogen (secondary N) is 1. The molecule has 2 nitrogen and oxygen atoms in total. The quantitative estimate of drug-likeness (QED) is 0.770. The van der Waals surface area contributed by atoms with E-state index in [-0.39, 0.29) is 0 Å². The first-order valence-corrected chi connectivity index (χ1v) is 4.88. The van der Waals surface area contributed by atoms with Gasteiger partial charge in [0.15, 0.2) is 0 Å². The van der Waals surface area contributed by atoms with E-state index in [1.807, 2.05) is 12.3 Å². The van der Waals surface area contributed by atoms with E-state index in [1.54, 1.807) is 7.11 Å². The largest absolute Gasteiger partial charge is 0.496 e. The van der Waals surface area contributed by atoms with Gasteiger partial charge in [-0.3, -0.25) is 0 Å². The number of methoxy groups -OCH3 is 1. The molecule has 74 valence electrons. The van der Waals surface area contributed by atoms with Crippen molar-refractivity contribution in [1.82, 2.24) is 4.98 Å². The molecule has 0 saturated carbocycles. The second-order valence-corrected chi connectivity index (χ2v) is 3.78. The molecule has 14 heavy (non-hydrogen) atoms. The summed E-state index contributed by atoms with van der Waals surface area (Å²) in [5.41, 5.74) is 2.53. The lowest BCUT2D eigenvalue weighted by Gasteiger charge is -2.09. The fourth-order valence-electron chi connectivity index (χ4n) is 1.81. The molecular weight excluding hydrogens is 174 g/mol. The summed E-state index contributed by atoms with van der Waals surface area (Å²) in [6.07, 6.45) is 1.96. The van der Waals surface area contributed by atoms with E-state index in [1.165, 1.54) is 16.5 Å². The number of hydrogen-bond donors (Lipinski definition) is 1. The summed E-state index contributed by atoms with van der Waals surface area (Å²) in [6, 6.07) is 6.22. The molecular formula is C12H15NO. The monoisotopic (exact) mass is 189 g/mol. The Kier molecular flexibility index (Phi) is 2.20. The molecule has 0 aliphatic rings. The Morgan fingerprint density at radius 1 is 1.21 bits per heavy atom. The maximum absolute atomic E-state index is 5.30. The Labute approximate surface area is 83.9 Å². The van der Waals surface area contributed by atoms with Gasteiger partial charge in [0.1, 0.15) is 5.75 Å². The van der Waals surface area contributed by atoms with Gasteiger partial charge in [0.2, 0.25) is 0 Å². The minimum atomic E-state index is 0.530. The number of fused-ring (bicyclic) bond motifs is 1. The molecule has 0 unspecified atom stereocenters. The van der Waals surface area contributed by atoms with Crippen molar-refractivity contribution in [2.24, 2.45) is 0 Å². The maximum Gasteiger partial charge on any atom is 0.128 e. The van der Waals surface area contributed by atoms with Crippen LogP contribution in [0.4, 0.5) is 0 Å². The fraction of sp³-hybridized carbons (Fsp3) is 0.333. The van der Waals surface area contributed by atoms with Crippen molar-refractivity contribution in [3.8, 4) is 5.75 Å². The number of H-pyrrole nitrogens is 1. The lowest BCUT2D eigenvalue weighted by Crippen LogP contribution is -1.91. The predicted molar refractivity (Wildman–Crippen MR) is 58.9 cm³/mol. The van der Waals surface area contributed by atoms with Gasteiger partial charge >= 0.3 is 0 Å². The van der Waals surface area contributed by atoms with Gasteiger partial charge in [-0.1, -0.05) is 19.9 Å². The van der Waals surface area contributed by atoms with Crippen LogP contribution >= 0.6 is 0 Å². The van der Waals surface area contributed by atoms with Gasteiger partial charge in [-0.25, -0.2) is 0 Å². The smallest absolute Gasteiger partial charge is 0.128 e. The first-order valence-electron chi connectivity index (χ1n) is 4.88. The zero-order valence-electron chi connectivity index (χ0n) is 8.79. The minimum Gasteiger partial charge on any atom is -0.496 e. The first kappa shape index (κ1) is 9.13. The Balaban J connectivity index is 2.72. The standard InChI is InChI=1S/C12H15NO/c1-8(2)9-4-5-11(14-3)10-6-7-13-12(9)10/h4-8,13H,1-3H3. The molecule has 2 rings (SSSR count). The van der Waals surface area contributed by atoms with E-state index in [9.17, 15) is 0 Å². The summed E-state index contributed by atoms with van der Waals surface area (Å²) in [6.45, 7) is 4.39. The van der Waals surface area contributed by atoms with E-state index in [2.05, 4.69) is 31.0 Å². The Hall–Kier alpha value is -1.44. The predicted octanol–water partition coefficient (Wildman–Crippen LogP) is 3.30. The third-order valence-electron chi connectivity index (χ3n) is 2.56. The van der Waals surface area contributed by atoms with E-state index >= 15 is 0 Å². The fourth-order valence-corrected chi connectivity index (χ4v) is 1.81. The highest BCUT2D eigenvalue weighted by Gasteiger charge is 2.09. The average Bonchev–Trinajstić information content (AvgIpc) is 2.64. The number of benzene rings is 1. The summed E-state index contributed by atoms with van der Waals surface area (Å²) in [4.78, 5) is 3.26. The van der Waals surface area contributed by atoms with E-state index in [0.717, 1.165) is 5.75 Å². The van der Waals surface area contributed by atoms with E-state index in [0.29, 0.717) is 5.92 Å². The van der Waals surface area contributed by atoms with Gasteiger partial charge in [0, 0.05) is 11.6 Å². The molecule has 0 bridgehead atoms. The van der Waals surface area contributed by atoms with Crippen molar-refractivity contribution in [3.63, 3.8) is 0 Å². The Morgan fingerprint density at radius 3 is 2.64 bits per heavy atom. The molecule has 0 atom stereocenters. The zero-order valence-corrected chi connectivity index (χ0v) is 8.79. The van der Waals surface area contributed by atoms with Gasteiger partial charge in [-0.2, -0.15) is 0 Å². The minimum absolute atomic E-state index is 0.530. The number of rotatable bonds is 2. The highest BCUT2D eigenvalue weighted by Crippen LogP contribution is 2.30. The van der Waals surface area contributed by atoms with Gasteiger partial charge in [-0.15, -0.1) is 0 Å². The highest BCUT2D eigenvalue weighted by molar-refractivity contribution is 5.88. The molecule has 1 N–H and O–H groups in total. The van der Waals surface area contributed by atoms with Crippen LogP contribution in [-0.4, -0.2) is 12.1 Å². The van der Waals surface area contributed by atoms with Crippen molar-refractivity contribution in [3.05, 3.63) is 30.0 Å². The van der Waals surface area contributed by atoms with Crippen LogP contribution in [0.1, 0.15) is 25.3 Å². The van der Waals surface area contributed by atoms with Crippen LogP contribution in [0.15, 0.2) is 24.4 Å². The number of hydrogen-bond acceptors (Lipinski definition) is 1. The summed E-state index contributed by atoms with van der Waals surface area (Å²) in [5.74, 6) is 1.47. The van der Waals surface area contributed by atoms with Crippen molar-refractivity contribution in [2.75, 3.05) is 7.11 Å². The second kappa shape index (κ2) is 3.37. The van der Waals surface area contributed by atoms with Gasteiger partial charge < -0.3 is 9.72 Å². The SMILES string of the molecule is COc1ccc(C(C)C)c2[nH]ccc12. The Bertz CT molecular complexity index is 443. The van der Waals surface area contributed by atoms with Crippen molar-refractivity contribution in [1.29, 1.82) is 0 Å². The topological polar surface area (TPSA) is 25.0 Å². The molecule has 2 aromatic rings. The molecule has 0 amide bonds. The third-order valence-corrected chi connectivity index (χ3v) is 2.56. The highest BCUT2D eigenvalue weighted by atomic mass is 16.5. The number of ether oxygens (including phenoxy) is 1. The van der Waals surface area contributed by atoms with Crippen LogP contribution in [0.5, 0.6) is 5.75 Å². The molecule has 1 aromatic heterocycles. The van der Waals surface area contributed by atoms with Crippen LogP contribution in [0.3, 0.4) is 0 Å². The molecule has 0 aliphatic carbocycles. The lowest BCUT2D eigenvalue weighted by atomic mass is 10.0. The number of aromatic amines is 1. The van der Waals surface area contributed by atoms with Crippen LogP contribution in [0.25, 0.3) is 10.9 Å². The van der Waals surface area contributed by atoms with Crippen molar-refractivity contribution in [2.45, 2.75) is 19.8 Å². The van der Waals surface area contributed by atoms with E-state index in [4.69, 9.17) is 4.74 Å². The molecule has 1 heterocycles. The summed E-state index contributed by atoms with van der Waals surface area (Å²) >= 11 is 0. The molecule has 0 saturated heterocycles. The van der Waals surface area contributed by atoms with Crippen LogP contribution < -0.4 is 4.74 Å². The van der Waals surface area contributed by atoms with Crippen LogP contribution in [0.2, 0.25) is 0 Å². The van der Waals surface area contributed by atoms with Gasteiger partial charge in [-0.05, 0) is 23.6 Å². The van der Waals surface area contributed by atoms with Crippen LogP contribution in [-0.2, 0) is 0 Å². The first-order chi connectivity index (χ1) is 6.74. The molecule has 1 aromatic carbocycles. The summed E-state index contributed by atoms with van der Waals surface area (Å²) in [7, 11) is 1.71. The summed E-state index contributed by atoms with van der Waals surface area (Å²) in [5, 5.41) is 1.17. The summed E-state index contributed by atoms with van der Waals surface area (Å²) < 4.78 is 5.30. The lowest BCUT2D eigenvalue weighted by molar-refractivity contribution is 0.419. The molecule has 0 fully saturated rings. The molecule has 2 heteroatoms. The van der Waals surface area contributed by atoms with Gasteiger partial charge in [0.05, 0.1) is 12.6 Å². The zero-order chi connectivity index (χ0) is 10.1. The second-order valence-electron chi connectivity index (χ2n) is 3.78.